The van der Waals surface area contributed by atoms with Crippen LogP contribution in [-0.4, -0.2) is 145 Å². The van der Waals surface area contributed by atoms with Gasteiger partial charge >= 0.3 is 0 Å². The van der Waals surface area contributed by atoms with Crippen LogP contribution in [-0.2, 0) is 14.2 Å². The predicted molar refractivity (Wildman–Crippen MR) is 141 cm³/mol. The second-order valence-corrected chi connectivity index (χ2v) is 11.5. The fraction of sp³-hybridized carbons (Fsp3) is 0.920. The zero-order valence-corrected chi connectivity index (χ0v) is 22.8. The van der Waals surface area contributed by atoms with Crippen LogP contribution in [0.3, 0.4) is 0 Å². The van der Waals surface area contributed by atoms with Crippen molar-refractivity contribution in [3.8, 4) is 0 Å². The Hall–Kier alpha value is -0.980. The van der Waals surface area contributed by atoms with E-state index in [1.165, 1.54) is 0 Å². The first-order chi connectivity index (χ1) is 18.6. The van der Waals surface area contributed by atoms with Crippen LogP contribution in [0.15, 0.2) is 11.8 Å². The molecule has 0 bridgehead atoms. The van der Waals surface area contributed by atoms with E-state index in [1.54, 1.807) is 14.0 Å². The number of nitrogens with one attached hydrogen (secondary N) is 4. The largest absolute Gasteiger partial charge is 0.492 e. The van der Waals surface area contributed by atoms with E-state index < -0.39 is 66.4 Å². The first-order valence-electron chi connectivity index (χ1n) is 13.9. The number of likely N-dealkylation sites (N-methyl/N-ethyl adjacent to an activating group) is 1. The first-order valence-corrected chi connectivity index (χ1v) is 13.9. The molecule has 13 N–H and O–H groups in total. The van der Waals surface area contributed by atoms with Crippen molar-refractivity contribution in [3.63, 3.8) is 0 Å². The smallest absolute Gasteiger partial charge is 0.185 e. The topological polar surface area (TPSA) is 229 Å². The molecule has 3 fully saturated rings. The number of hydrogen-bond acceptors (Lipinski definition) is 14. The van der Waals surface area contributed by atoms with E-state index in [1.807, 2.05) is 6.08 Å². The summed E-state index contributed by atoms with van der Waals surface area (Å²) >= 11 is 0. The summed E-state index contributed by atoms with van der Waals surface area (Å²) < 4.78 is 18.3. The molecule has 1 aliphatic carbocycles. The molecule has 0 radical (unpaired) electrons. The molecule has 11 unspecified atom stereocenters. The van der Waals surface area contributed by atoms with Crippen LogP contribution >= 0.6 is 0 Å². The van der Waals surface area contributed by atoms with Gasteiger partial charge in [0.05, 0.1) is 44.6 Å². The van der Waals surface area contributed by atoms with Crippen molar-refractivity contribution in [1.82, 2.24) is 21.3 Å². The number of hydrogen-bond donors (Lipinski definition) is 11. The summed E-state index contributed by atoms with van der Waals surface area (Å²) in [6, 6.07) is -2.36. The molecule has 0 aromatic carbocycles. The van der Waals surface area contributed by atoms with Crippen LogP contribution in [0.25, 0.3) is 0 Å². The van der Waals surface area contributed by atoms with Gasteiger partial charge in [-0.15, -0.1) is 0 Å². The van der Waals surface area contributed by atoms with E-state index in [0.717, 1.165) is 13.1 Å². The Morgan fingerprint density at radius 1 is 1.21 bits per heavy atom. The minimum absolute atomic E-state index is 0.0994. The number of rotatable bonds is 11. The molecule has 0 amide bonds. The molecule has 0 aromatic rings. The lowest BCUT2D eigenvalue weighted by atomic mass is 9.72. The highest BCUT2D eigenvalue weighted by Gasteiger charge is 2.53. The van der Waals surface area contributed by atoms with E-state index in [-0.39, 0.29) is 38.4 Å². The Labute approximate surface area is 229 Å². The summed E-state index contributed by atoms with van der Waals surface area (Å²) in [5.41, 5.74) is 11.3. The van der Waals surface area contributed by atoms with E-state index in [4.69, 9.17) is 25.7 Å². The van der Waals surface area contributed by atoms with E-state index in [0.29, 0.717) is 18.6 Å². The van der Waals surface area contributed by atoms with Gasteiger partial charge in [-0.1, -0.05) is 0 Å². The second-order valence-electron chi connectivity index (χ2n) is 11.5. The third-order valence-electron chi connectivity index (χ3n) is 8.57. The molecular weight excluding hydrogens is 512 g/mol. The van der Waals surface area contributed by atoms with Gasteiger partial charge in [-0.25, -0.2) is 0 Å². The highest BCUT2D eigenvalue weighted by molar-refractivity contribution is 5.12. The van der Waals surface area contributed by atoms with Gasteiger partial charge in [-0.3, -0.25) is 0 Å². The summed E-state index contributed by atoms with van der Waals surface area (Å²) in [5.74, 6) is 0.0622. The van der Waals surface area contributed by atoms with Gasteiger partial charge in [0.1, 0.15) is 29.7 Å². The summed E-state index contributed by atoms with van der Waals surface area (Å²) in [7, 11) is 1.63. The predicted octanol–water partition coefficient (Wildman–Crippen LogP) is -4.99. The maximum Gasteiger partial charge on any atom is 0.185 e. The van der Waals surface area contributed by atoms with Crippen LogP contribution < -0.4 is 32.7 Å². The molecule has 14 heteroatoms. The molecule has 3 heterocycles. The molecule has 39 heavy (non-hydrogen) atoms. The first kappa shape index (κ1) is 31.0. The van der Waals surface area contributed by atoms with Crippen molar-refractivity contribution >= 4 is 0 Å². The molecule has 0 spiro atoms. The molecule has 14 nitrogen and oxygen atoms in total. The Bertz CT molecular complexity index is 815. The summed E-state index contributed by atoms with van der Waals surface area (Å²) in [4.78, 5) is 0. The van der Waals surface area contributed by atoms with Crippen LogP contribution in [0.2, 0.25) is 0 Å². The van der Waals surface area contributed by atoms with Gasteiger partial charge in [0.2, 0.25) is 0 Å². The van der Waals surface area contributed by atoms with Crippen molar-refractivity contribution < 1.29 is 39.7 Å². The normalized spacial score (nSPS) is 43.6. The summed E-state index contributed by atoms with van der Waals surface area (Å²) in [5, 5.41) is 65.9. The maximum atomic E-state index is 11.9. The van der Waals surface area contributed by atoms with Crippen molar-refractivity contribution in [2.45, 2.75) is 92.3 Å². The summed E-state index contributed by atoms with van der Waals surface area (Å²) in [6.07, 6.45) is -2.06. The Kier molecular flexibility index (Phi) is 10.6. The standard InChI is InChI=1S/C25H48N6O8/c1-25(36)11-37-24(20(35)23(25)28-2)39-22-17(31-13(9-32)10-33)5-15(27)18(19(22)34)21-16(30-12-7-29-8-12)4-3-14(6-26)38-21/h3,12-13,15-24,28-36H,4-11,26-27H2,1-2H3. The van der Waals surface area contributed by atoms with Crippen molar-refractivity contribution in [3.05, 3.63) is 11.8 Å². The zero-order chi connectivity index (χ0) is 28.3. The molecule has 4 aliphatic rings. The van der Waals surface area contributed by atoms with Gasteiger partial charge < -0.3 is 72.5 Å². The van der Waals surface area contributed by atoms with Crippen LogP contribution in [0.1, 0.15) is 19.8 Å². The molecule has 11 atom stereocenters. The van der Waals surface area contributed by atoms with Gasteiger partial charge in [-0.05, 0) is 32.9 Å². The number of nitrogens with two attached hydrogens (primary N) is 2. The van der Waals surface area contributed by atoms with Crippen LogP contribution in [0, 0.1) is 5.92 Å². The Morgan fingerprint density at radius 3 is 2.51 bits per heavy atom. The van der Waals surface area contributed by atoms with Gasteiger partial charge in [0.15, 0.2) is 6.29 Å². The molecule has 1 saturated carbocycles. The number of aliphatic hydroxyl groups is 5. The molecule has 4 rings (SSSR count). The lowest BCUT2D eigenvalue weighted by molar-refractivity contribution is -0.298. The second kappa shape index (κ2) is 13.3. The summed E-state index contributed by atoms with van der Waals surface area (Å²) in [6.45, 7) is 2.69. The average Bonchev–Trinajstić information content (AvgIpc) is 2.88. The Morgan fingerprint density at radius 2 is 1.92 bits per heavy atom. The minimum Gasteiger partial charge on any atom is -0.492 e. The van der Waals surface area contributed by atoms with E-state index >= 15 is 0 Å². The fourth-order valence-electron chi connectivity index (χ4n) is 6.31. The van der Waals surface area contributed by atoms with E-state index in [9.17, 15) is 25.5 Å². The fourth-order valence-corrected chi connectivity index (χ4v) is 6.31. The van der Waals surface area contributed by atoms with Crippen LogP contribution in [0.5, 0.6) is 0 Å². The lowest BCUT2D eigenvalue weighted by Crippen LogP contribution is -2.70. The van der Waals surface area contributed by atoms with Gasteiger partial charge in [0, 0.05) is 43.2 Å². The lowest BCUT2D eigenvalue weighted by Gasteiger charge is -2.51. The minimum atomic E-state index is -1.34. The molecule has 3 aliphatic heterocycles. The third-order valence-corrected chi connectivity index (χ3v) is 8.57. The molecule has 0 aromatic heterocycles. The monoisotopic (exact) mass is 560 g/mol. The van der Waals surface area contributed by atoms with Gasteiger partial charge in [-0.2, -0.15) is 0 Å². The molecule has 226 valence electrons. The van der Waals surface area contributed by atoms with Crippen LogP contribution in [0.4, 0.5) is 0 Å². The Balaban J connectivity index is 1.59. The molecule has 2 saturated heterocycles. The average molecular weight is 561 g/mol. The van der Waals surface area contributed by atoms with E-state index in [2.05, 4.69) is 21.3 Å². The number of ether oxygens (including phenoxy) is 3. The quantitative estimate of drug-likeness (QED) is 0.114. The maximum absolute atomic E-state index is 11.9. The van der Waals surface area contributed by atoms with Crippen molar-refractivity contribution in [1.29, 1.82) is 0 Å². The molecular formula is C25H48N6O8. The highest BCUT2D eigenvalue weighted by Crippen LogP contribution is 2.37. The zero-order valence-electron chi connectivity index (χ0n) is 22.8. The SMILES string of the molecule is CNC1C(O)C(OC2C(NC(CO)CO)CC(N)C(C3OC(CN)=CCC3NC3CNC3)C2O)OCC1(C)O. The number of aliphatic hydroxyl groups excluding tert-OH is 4. The third kappa shape index (κ3) is 6.75. The highest BCUT2D eigenvalue weighted by atomic mass is 16.7. The van der Waals surface area contributed by atoms with Crippen molar-refractivity contribution in [2.24, 2.45) is 17.4 Å². The van der Waals surface area contributed by atoms with Crippen molar-refractivity contribution in [2.75, 3.05) is 46.5 Å². The van der Waals surface area contributed by atoms with Gasteiger partial charge in [0.25, 0.3) is 0 Å².